The molecule has 1 fully saturated rings. The predicted octanol–water partition coefficient (Wildman–Crippen LogP) is 1.55. The largest absolute Gasteiger partial charge is 0.392 e. The molecule has 3 heteroatoms. The summed E-state index contributed by atoms with van der Waals surface area (Å²) in [6.45, 7) is 3.58. The molecule has 90 valence electrons. The Morgan fingerprint density at radius 2 is 2.07 bits per heavy atom. The average Bonchev–Trinajstić information content (AvgIpc) is 2.77. The summed E-state index contributed by atoms with van der Waals surface area (Å²) in [4.78, 5) is 0. The van der Waals surface area contributed by atoms with E-state index in [0.29, 0.717) is 18.5 Å². The van der Waals surface area contributed by atoms with Gasteiger partial charge in [0.05, 0.1) is 12.7 Å². The van der Waals surface area contributed by atoms with Crippen LogP contribution in [0, 0.1) is 5.92 Å². The van der Waals surface area contributed by atoms with Crippen LogP contribution < -0.4 is 5.32 Å². The first-order valence-corrected chi connectivity index (χ1v) is 6.18. The molecule has 3 nitrogen and oxygen atoms in total. The van der Waals surface area contributed by atoms with E-state index < -0.39 is 0 Å². The Labute approximate surface area is 93.2 Å². The number of hydrogen-bond donors (Lipinski definition) is 2. The lowest BCUT2D eigenvalue weighted by atomic mass is 10.0. The van der Waals surface area contributed by atoms with E-state index in [1.165, 1.54) is 25.7 Å². The standard InChI is InChI=1S/C12H25NO2/c1-3-11(9-15-2)13-8-12(14)10-6-4-5-7-10/h10-14H,3-9H2,1-2H3. The zero-order chi connectivity index (χ0) is 11.1. The van der Waals surface area contributed by atoms with Gasteiger partial charge in [-0.2, -0.15) is 0 Å². The second kappa shape index (κ2) is 7.20. The topological polar surface area (TPSA) is 41.5 Å². The summed E-state index contributed by atoms with van der Waals surface area (Å²) in [7, 11) is 1.72. The van der Waals surface area contributed by atoms with E-state index in [-0.39, 0.29) is 6.10 Å². The summed E-state index contributed by atoms with van der Waals surface area (Å²) < 4.78 is 5.11. The maximum absolute atomic E-state index is 9.96. The van der Waals surface area contributed by atoms with Crippen molar-refractivity contribution >= 4 is 0 Å². The molecule has 0 amide bonds. The first-order chi connectivity index (χ1) is 7.27. The molecule has 2 atom stereocenters. The third-order valence-electron chi connectivity index (χ3n) is 3.42. The fourth-order valence-electron chi connectivity index (χ4n) is 2.32. The highest BCUT2D eigenvalue weighted by atomic mass is 16.5. The van der Waals surface area contributed by atoms with Gasteiger partial charge in [-0.05, 0) is 25.2 Å². The number of methoxy groups -OCH3 is 1. The molecule has 1 saturated carbocycles. The Bertz CT molecular complexity index is 158. The highest BCUT2D eigenvalue weighted by Gasteiger charge is 2.23. The van der Waals surface area contributed by atoms with Crippen LogP contribution in [0.1, 0.15) is 39.0 Å². The molecule has 15 heavy (non-hydrogen) atoms. The molecule has 0 radical (unpaired) electrons. The molecule has 0 aliphatic heterocycles. The summed E-state index contributed by atoms with van der Waals surface area (Å²) >= 11 is 0. The van der Waals surface area contributed by atoms with Gasteiger partial charge in [0.2, 0.25) is 0 Å². The molecular weight excluding hydrogens is 190 g/mol. The molecule has 0 aromatic heterocycles. The van der Waals surface area contributed by atoms with Crippen molar-refractivity contribution in [2.75, 3.05) is 20.3 Å². The van der Waals surface area contributed by atoms with Crippen LogP contribution in [-0.4, -0.2) is 37.5 Å². The number of ether oxygens (including phenoxy) is 1. The summed E-state index contributed by atoms with van der Waals surface area (Å²) in [6.07, 6.45) is 5.85. The maximum atomic E-state index is 9.96. The van der Waals surface area contributed by atoms with Gasteiger partial charge in [-0.3, -0.25) is 0 Å². The highest BCUT2D eigenvalue weighted by Crippen LogP contribution is 2.27. The van der Waals surface area contributed by atoms with Crippen molar-refractivity contribution < 1.29 is 9.84 Å². The van der Waals surface area contributed by atoms with Crippen molar-refractivity contribution in [1.29, 1.82) is 0 Å². The average molecular weight is 215 g/mol. The SMILES string of the molecule is CCC(COC)NCC(O)C1CCCC1. The minimum atomic E-state index is -0.168. The lowest BCUT2D eigenvalue weighted by Gasteiger charge is -2.22. The van der Waals surface area contributed by atoms with Crippen LogP contribution in [0.15, 0.2) is 0 Å². The molecule has 2 N–H and O–H groups in total. The summed E-state index contributed by atoms with van der Waals surface area (Å²) in [6, 6.07) is 0.381. The first kappa shape index (κ1) is 12.9. The fourth-order valence-corrected chi connectivity index (χ4v) is 2.32. The summed E-state index contributed by atoms with van der Waals surface area (Å²) in [5, 5.41) is 13.3. The van der Waals surface area contributed by atoms with Gasteiger partial charge in [0.15, 0.2) is 0 Å². The lowest BCUT2D eigenvalue weighted by molar-refractivity contribution is 0.0961. The van der Waals surface area contributed by atoms with Crippen molar-refractivity contribution in [1.82, 2.24) is 5.32 Å². The maximum Gasteiger partial charge on any atom is 0.0692 e. The van der Waals surface area contributed by atoms with Crippen molar-refractivity contribution in [2.24, 2.45) is 5.92 Å². The van der Waals surface area contributed by atoms with Gasteiger partial charge in [0, 0.05) is 19.7 Å². The Balaban J connectivity index is 2.16. The van der Waals surface area contributed by atoms with Crippen molar-refractivity contribution in [3.63, 3.8) is 0 Å². The van der Waals surface area contributed by atoms with E-state index in [1.807, 2.05) is 0 Å². The molecule has 1 aliphatic rings. The zero-order valence-electron chi connectivity index (χ0n) is 10.0. The van der Waals surface area contributed by atoms with Crippen LogP contribution in [0.2, 0.25) is 0 Å². The van der Waals surface area contributed by atoms with E-state index in [2.05, 4.69) is 12.2 Å². The summed E-state index contributed by atoms with van der Waals surface area (Å²) in [5.41, 5.74) is 0. The van der Waals surface area contributed by atoms with E-state index in [0.717, 1.165) is 13.0 Å². The molecule has 1 aliphatic carbocycles. The smallest absolute Gasteiger partial charge is 0.0692 e. The monoisotopic (exact) mass is 215 g/mol. The Morgan fingerprint density at radius 3 is 2.60 bits per heavy atom. The molecule has 0 heterocycles. The quantitative estimate of drug-likeness (QED) is 0.677. The molecule has 0 aromatic rings. The number of aliphatic hydroxyl groups is 1. The van der Waals surface area contributed by atoms with E-state index in [9.17, 15) is 5.11 Å². The Kier molecular flexibility index (Phi) is 6.22. The van der Waals surface area contributed by atoms with Crippen molar-refractivity contribution in [2.45, 2.75) is 51.2 Å². The van der Waals surface area contributed by atoms with Crippen LogP contribution in [-0.2, 0) is 4.74 Å². The van der Waals surface area contributed by atoms with Gasteiger partial charge in [0.25, 0.3) is 0 Å². The zero-order valence-corrected chi connectivity index (χ0v) is 10.0. The Morgan fingerprint density at radius 1 is 1.40 bits per heavy atom. The first-order valence-electron chi connectivity index (χ1n) is 6.18. The molecule has 0 aromatic carbocycles. The van der Waals surface area contributed by atoms with Crippen molar-refractivity contribution in [3.8, 4) is 0 Å². The van der Waals surface area contributed by atoms with Crippen LogP contribution >= 0.6 is 0 Å². The normalized spacial score (nSPS) is 21.8. The van der Waals surface area contributed by atoms with Crippen LogP contribution in [0.4, 0.5) is 0 Å². The highest BCUT2D eigenvalue weighted by molar-refractivity contribution is 4.77. The number of aliphatic hydroxyl groups excluding tert-OH is 1. The lowest BCUT2D eigenvalue weighted by Crippen LogP contribution is -2.40. The molecule has 2 unspecified atom stereocenters. The molecule has 1 rings (SSSR count). The summed E-state index contributed by atoms with van der Waals surface area (Å²) in [5.74, 6) is 0.526. The van der Waals surface area contributed by atoms with Gasteiger partial charge < -0.3 is 15.2 Å². The molecule has 0 saturated heterocycles. The fraction of sp³-hybridized carbons (Fsp3) is 1.00. The van der Waals surface area contributed by atoms with Gasteiger partial charge in [-0.15, -0.1) is 0 Å². The van der Waals surface area contributed by atoms with E-state index in [1.54, 1.807) is 7.11 Å². The van der Waals surface area contributed by atoms with Crippen LogP contribution in [0.5, 0.6) is 0 Å². The van der Waals surface area contributed by atoms with E-state index in [4.69, 9.17) is 4.74 Å². The van der Waals surface area contributed by atoms with Gasteiger partial charge in [0.1, 0.15) is 0 Å². The second-order valence-corrected chi connectivity index (χ2v) is 4.58. The number of nitrogens with one attached hydrogen (secondary N) is 1. The van der Waals surface area contributed by atoms with Crippen LogP contribution in [0.3, 0.4) is 0 Å². The Hall–Kier alpha value is -0.120. The number of rotatable bonds is 7. The van der Waals surface area contributed by atoms with Crippen LogP contribution in [0.25, 0.3) is 0 Å². The second-order valence-electron chi connectivity index (χ2n) is 4.58. The molecule has 0 spiro atoms. The number of hydrogen-bond acceptors (Lipinski definition) is 3. The molecular formula is C12H25NO2. The van der Waals surface area contributed by atoms with Gasteiger partial charge in [-0.1, -0.05) is 19.8 Å². The molecule has 0 bridgehead atoms. The van der Waals surface area contributed by atoms with E-state index >= 15 is 0 Å². The van der Waals surface area contributed by atoms with Gasteiger partial charge in [-0.25, -0.2) is 0 Å². The van der Waals surface area contributed by atoms with Crippen molar-refractivity contribution in [3.05, 3.63) is 0 Å². The minimum absolute atomic E-state index is 0.168. The minimum Gasteiger partial charge on any atom is -0.392 e. The predicted molar refractivity (Wildman–Crippen MR) is 61.9 cm³/mol. The van der Waals surface area contributed by atoms with Gasteiger partial charge >= 0.3 is 0 Å². The third kappa shape index (κ3) is 4.49. The third-order valence-corrected chi connectivity index (χ3v) is 3.42.